The molecule has 0 atom stereocenters. The van der Waals surface area contributed by atoms with Gasteiger partial charge in [0.2, 0.25) is 5.78 Å². The topological polar surface area (TPSA) is 107 Å². The van der Waals surface area contributed by atoms with Gasteiger partial charge in [0.15, 0.2) is 0 Å². The molecule has 3 aromatic heterocycles. The van der Waals surface area contributed by atoms with Crippen LogP contribution in [0.15, 0.2) is 60.1 Å². The van der Waals surface area contributed by atoms with E-state index in [0.717, 1.165) is 6.04 Å². The molecule has 2 aromatic carbocycles. The first-order valence-corrected chi connectivity index (χ1v) is 18.5. The number of benzene rings is 2. The molecule has 0 amide bonds. The summed E-state index contributed by atoms with van der Waals surface area (Å²) in [4.78, 5) is 23.3. The number of rotatable bonds is 12. The molecule has 2 N–H and O–H groups in total. The number of pyridine rings is 1. The molecule has 0 aliphatic heterocycles. The highest BCUT2D eigenvalue weighted by atomic mass is 32.1. The average molecular weight is 620 g/mol. The average Bonchev–Trinajstić information content (AvgIpc) is 3.63. The quantitative estimate of drug-likeness (QED) is 0.0933. The molecule has 8 nitrogen and oxygen atoms in total. The Morgan fingerprint density at radius 1 is 1.07 bits per heavy atom. The number of aliphatic hydroxyl groups excluding tert-OH is 2. The molecule has 3 heterocycles. The summed E-state index contributed by atoms with van der Waals surface area (Å²) in [5, 5.41) is 22.0. The molecule has 43 heavy (non-hydrogen) atoms. The fraction of sp³-hybridized carbons (Fsp3) is 0.281. The van der Waals surface area contributed by atoms with Crippen LogP contribution in [-0.4, -0.2) is 52.3 Å². The van der Waals surface area contributed by atoms with E-state index in [4.69, 9.17) is 14.5 Å². The fourth-order valence-electron chi connectivity index (χ4n) is 4.79. The van der Waals surface area contributed by atoms with Gasteiger partial charge in [-0.05, 0) is 41.4 Å². The zero-order chi connectivity index (χ0) is 30.7. The van der Waals surface area contributed by atoms with Gasteiger partial charge in [0.05, 0.1) is 31.2 Å². The minimum atomic E-state index is -1.35. The van der Waals surface area contributed by atoms with Gasteiger partial charge in [0, 0.05) is 36.6 Å². The maximum absolute atomic E-state index is 14.5. The van der Waals surface area contributed by atoms with E-state index in [1.165, 1.54) is 30.7 Å². The minimum Gasteiger partial charge on any atom is -0.494 e. The van der Waals surface area contributed by atoms with Crippen LogP contribution in [0, 0.1) is 5.82 Å². The summed E-state index contributed by atoms with van der Waals surface area (Å²) in [6, 6.07) is 14.4. The fourth-order valence-corrected chi connectivity index (χ4v) is 6.50. The summed E-state index contributed by atoms with van der Waals surface area (Å²) in [5.41, 5.74) is 3.43. The molecular formula is C32H34FN3O5SSi. The Morgan fingerprint density at radius 2 is 1.86 bits per heavy atom. The number of carbonyl (C=O) groups is 1. The molecule has 0 aliphatic carbocycles. The molecule has 0 aliphatic rings. The number of imidazole rings is 1. The van der Waals surface area contributed by atoms with Crippen LogP contribution in [0.1, 0.15) is 27.3 Å². The van der Waals surface area contributed by atoms with Gasteiger partial charge >= 0.3 is 0 Å². The van der Waals surface area contributed by atoms with Crippen molar-refractivity contribution in [2.45, 2.75) is 45.6 Å². The SMILES string of the molecule is COc1ccc(C(=O)c2cnc(-c3ccc(CO)c(CO)c3)n2COCC[Si](C)(C)C)nc1-c1csc2c(F)cccc12. The standard InChI is InChI=1S/C32H34FN3O5SSi/c1-40-28-11-10-26(35-29(28)24-18-42-31-23(24)6-5-7-25(31)33)30(39)27-15-34-32(36(27)19-41-12-13-43(2,3)4)20-8-9-21(16-37)22(14-20)17-38/h5-11,14-15,18,37-38H,12-13,16-17,19H2,1-4H3. The Bertz CT molecular complexity index is 1780. The van der Waals surface area contributed by atoms with Gasteiger partial charge in [-0.2, -0.15) is 0 Å². The van der Waals surface area contributed by atoms with Gasteiger partial charge in [-0.3, -0.25) is 9.36 Å². The summed E-state index contributed by atoms with van der Waals surface area (Å²) < 4.78 is 28.3. The van der Waals surface area contributed by atoms with Crippen LogP contribution >= 0.6 is 11.3 Å². The van der Waals surface area contributed by atoms with Gasteiger partial charge in [0.25, 0.3) is 0 Å². The van der Waals surface area contributed by atoms with E-state index >= 15 is 0 Å². The minimum absolute atomic E-state index is 0.0918. The molecule has 0 fully saturated rings. The molecule has 5 rings (SSSR count). The first kappa shape index (κ1) is 30.7. The van der Waals surface area contributed by atoms with Crippen LogP contribution in [0.5, 0.6) is 5.75 Å². The van der Waals surface area contributed by atoms with Crippen molar-refractivity contribution in [3.63, 3.8) is 0 Å². The van der Waals surface area contributed by atoms with Crippen molar-refractivity contribution in [1.82, 2.24) is 14.5 Å². The van der Waals surface area contributed by atoms with Crippen molar-refractivity contribution < 1.29 is 28.9 Å². The normalized spacial score (nSPS) is 11.8. The number of ether oxygens (including phenoxy) is 2. The zero-order valence-corrected chi connectivity index (χ0v) is 26.4. The molecular weight excluding hydrogens is 586 g/mol. The number of nitrogens with zero attached hydrogens (tertiary/aromatic N) is 3. The highest BCUT2D eigenvalue weighted by Crippen LogP contribution is 2.39. The van der Waals surface area contributed by atoms with Crippen molar-refractivity contribution in [2.24, 2.45) is 0 Å². The lowest BCUT2D eigenvalue weighted by Crippen LogP contribution is -2.22. The van der Waals surface area contributed by atoms with E-state index in [0.29, 0.717) is 56.2 Å². The summed E-state index contributed by atoms with van der Waals surface area (Å²) in [7, 11) is 0.181. The number of thiophene rings is 1. The second kappa shape index (κ2) is 12.9. The van der Waals surface area contributed by atoms with Gasteiger partial charge < -0.3 is 19.7 Å². The summed E-state index contributed by atoms with van der Waals surface area (Å²) in [5.74, 6) is 0.270. The Hall–Kier alpha value is -3.74. The third kappa shape index (κ3) is 6.46. The van der Waals surface area contributed by atoms with Crippen molar-refractivity contribution >= 4 is 35.3 Å². The zero-order valence-electron chi connectivity index (χ0n) is 24.6. The highest BCUT2D eigenvalue weighted by Gasteiger charge is 2.24. The van der Waals surface area contributed by atoms with Crippen LogP contribution < -0.4 is 4.74 Å². The lowest BCUT2D eigenvalue weighted by molar-refractivity contribution is 0.0825. The predicted octanol–water partition coefficient (Wildman–Crippen LogP) is 6.50. The summed E-state index contributed by atoms with van der Waals surface area (Å²) in [6.45, 7) is 6.99. The molecule has 11 heteroatoms. The van der Waals surface area contributed by atoms with Crippen LogP contribution in [0.25, 0.3) is 32.7 Å². The van der Waals surface area contributed by atoms with E-state index in [1.54, 1.807) is 41.0 Å². The van der Waals surface area contributed by atoms with E-state index < -0.39 is 8.07 Å². The molecule has 0 saturated heterocycles. The van der Waals surface area contributed by atoms with Crippen LogP contribution in [0.2, 0.25) is 25.7 Å². The first-order valence-electron chi connectivity index (χ1n) is 13.9. The Kier molecular flexibility index (Phi) is 9.18. The Balaban J connectivity index is 1.56. The van der Waals surface area contributed by atoms with Crippen molar-refractivity contribution in [2.75, 3.05) is 13.7 Å². The largest absolute Gasteiger partial charge is 0.494 e. The molecule has 0 bridgehead atoms. The number of methoxy groups -OCH3 is 1. The summed E-state index contributed by atoms with van der Waals surface area (Å²) in [6.07, 6.45) is 1.50. The van der Waals surface area contributed by atoms with Crippen LogP contribution in [0.3, 0.4) is 0 Å². The van der Waals surface area contributed by atoms with Crippen molar-refractivity contribution in [3.8, 4) is 28.4 Å². The van der Waals surface area contributed by atoms with Crippen molar-refractivity contribution in [1.29, 1.82) is 0 Å². The van der Waals surface area contributed by atoms with Crippen LogP contribution in [-0.2, 0) is 24.7 Å². The third-order valence-electron chi connectivity index (χ3n) is 7.23. The van der Waals surface area contributed by atoms with Crippen LogP contribution in [0.4, 0.5) is 4.39 Å². The number of aliphatic hydroxyl groups is 2. The lowest BCUT2D eigenvalue weighted by atomic mass is 10.0. The lowest BCUT2D eigenvalue weighted by Gasteiger charge is -2.17. The van der Waals surface area contributed by atoms with Gasteiger partial charge in [-0.15, -0.1) is 11.3 Å². The second-order valence-electron chi connectivity index (χ2n) is 11.4. The molecule has 0 unspecified atom stereocenters. The second-order valence-corrected chi connectivity index (χ2v) is 17.9. The molecule has 0 spiro atoms. The molecule has 0 radical (unpaired) electrons. The first-order chi connectivity index (χ1) is 20.6. The maximum Gasteiger partial charge on any atom is 0.229 e. The van der Waals surface area contributed by atoms with Gasteiger partial charge in [0.1, 0.15) is 41.2 Å². The number of fused-ring (bicyclic) bond motifs is 1. The Labute approximate surface area is 254 Å². The predicted molar refractivity (Wildman–Crippen MR) is 169 cm³/mol. The summed E-state index contributed by atoms with van der Waals surface area (Å²) >= 11 is 1.27. The maximum atomic E-state index is 14.5. The Morgan fingerprint density at radius 3 is 2.58 bits per heavy atom. The number of halogens is 1. The smallest absolute Gasteiger partial charge is 0.229 e. The molecule has 5 aromatic rings. The van der Waals surface area contributed by atoms with Crippen molar-refractivity contribution in [3.05, 3.63) is 88.4 Å². The monoisotopic (exact) mass is 619 g/mol. The number of hydrogen-bond acceptors (Lipinski definition) is 8. The van der Waals surface area contributed by atoms with Gasteiger partial charge in [-0.1, -0.05) is 43.9 Å². The van der Waals surface area contributed by atoms with Gasteiger partial charge in [-0.25, -0.2) is 14.4 Å². The number of hydrogen-bond donors (Lipinski definition) is 2. The van der Waals surface area contributed by atoms with E-state index in [9.17, 15) is 19.4 Å². The number of aromatic nitrogens is 3. The van der Waals surface area contributed by atoms with E-state index in [-0.39, 0.29) is 42.9 Å². The van der Waals surface area contributed by atoms with E-state index in [1.807, 2.05) is 11.4 Å². The highest BCUT2D eigenvalue weighted by molar-refractivity contribution is 7.17. The third-order valence-corrected chi connectivity index (χ3v) is 9.94. The molecule has 0 saturated carbocycles. The van der Waals surface area contributed by atoms with E-state index in [2.05, 4.69) is 24.6 Å². The number of ketones is 1. The number of carbonyl (C=O) groups excluding carboxylic acids is 1. The molecule has 224 valence electrons.